The molecule has 0 radical (unpaired) electrons. The van der Waals surface area contributed by atoms with E-state index in [4.69, 9.17) is 5.73 Å². The molecule has 2 aromatic carbocycles. The van der Waals surface area contributed by atoms with Gasteiger partial charge in [0.15, 0.2) is 0 Å². The van der Waals surface area contributed by atoms with E-state index in [-0.39, 0.29) is 5.82 Å². The molecule has 0 spiro atoms. The van der Waals surface area contributed by atoms with Crippen LogP contribution in [0.2, 0.25) is 0 Å². The molecule has 0 saturated heterocycles. The number of benzene rings is 2. The zero-order valence-electron chi connectivity index (χ0n) is 10.4. The van der Waals surface area contributed by atoms with E-state index < -0.39 is 0 Å². The Morgan fingerprint density at radius 2 is 1.90 bits per heavy atom. The van der Waals surface area contributed by atoms with Crippen molar-refractivity contribution in [1.82, 2.24) is 4.98 Å². The summed E-state index contributed by atoms with van der Waals surface area (Å²) in [5.74, 6) is -0.293. The van der Waals surface area contributed by atoms with Crippen molar-refractivity contribution >= 4 is 43.9 Å². The molecule has 1 aromatic heterocycles. The van der Waals surface area contributed by atoms with Crippen molar-refractivity contribution in [2.45, 2.75) is 0 Å². The molecule has 20 heavy (non-hydrogen) atoms. The highest BCUT2D eigenvalue weighted by molar-refractivity contribution is 9.10. The smallest absolute Gasteiger partial charge is 0.125 e. The Morgan fingerprint density at radius 1 is 1.05 bits per heavy atom. The Bertz CT molecular complexity index is 789. The average Bonchev–Trinajstić information content (AvgIpc) is 2.43. The fraction of sp³-hybridized carbons (Fsp3) is 0. The molecule has 5 heteroatoms. The molecule has 3 nitrogen and oxygen atoms in total. The average molecular weight is 332 g/mol. The summed E-state index contributed by atoms with van der Waals surface area (Å²) >= 11 is 3.40. The van der Waals surface area contributed by atoms with Gasteiger partial charge in [0.2, 0.25) is 0 Å². The second-order valence-corrected chi connectivity index (χ2v) is 5.24. The molecule has 1 heterocycles. The van der Waals surface area contributed by atoms with E-state index in [1.165, 1.54) is 12.1 Å². The van der Waals surface area contributed by atoms with Gasteiger partial charge >= 0.3 is 0 Å². The fourth-order valence-corrected chi connectivity index (χ4v) is 2.36. The molecule has 0 aliphatic heterocycles. The van der Waals surface area contributed by atoms with Gasteiger partial charge < -0.3 is 11.1 Å². The molecular formula is C15H11BrFN3. The fourth-order valence-electron chi connectivity index (χ4n) is 2.01. The summed E-state index contributed by atoms with van der Waals surface area (Å²) < 4.78 is 14.1. The molecule has 0 aliphatic rings. The maximum absolute atomic E-state index is 13.3. The van der Waals surface area contributed by atoms with Gasteiger partial charge in [-0.2, -0.15) is 0 Å². The quantitative estimate of drug-likeness (QED) is 0.681. The zero-order chi connectivity index (χ0) is 14.1. The lowest BCUT2D eigenvalue weighted by Crippen LogP contribution is -1.95. The first-order valence-electron chi connectivity index (χ1n) is 6.00. The van der Waals surface area contributed by atoms with Gasteiger partial charge in [-0.3, -0.25) is 4.98 Å². The maximum Gasteiger partial charge on any atom is 0.125 e. The van der Waals surface area contributed by atoms with Crippen LogP contribution in [0.3, 0.4) is 0 Å². The molecule has 3 N–H and O–H groups in total. The number of hydrogen-bond acceptors (Lipinski definition) is 3. The predicted molar refractivity (Wildman–Crippen MR) is 83.5 cm³/mol. The normalized spacial score (nSPS) is 10.7. The Kier molecular flexibility index (Phi) is 3.28. The minimum absolute atomic E-state index is 0.293. The summed E-state index contributed by atoms with van der Waals surface area (Å²) in [6, 6.07) is 11.9. The standard InChI is InChI=1S/C15H11BrFN3/c16-12-4-1-9(17)7-15(12)20-13-5-6-19-14-8-10(18)2-3-11(13)14/h1-8H,18H2,(H,19,20). The number of nitrogens with two attached hydrogens (primary N) is 1. The lowest BCUT2D eigenvalue weighted by atomic mass is 10.1. The molecule has 0 fully saturated rings. The van der Waals surface area contributed by atoms with Crippen molar-refractivity contribution in [1.29, 1.82) is 0 Å². The van der Waals surface area contributed by atoms with Crippen molar-refractivity contribution in [3.05, 3.63) is 59.0 Å². The summed E-state index contributed by atoms with van der Waals surface area (Å²) in [4.78, 5) is 4.28. The molecule has 3 rings (SSSR count). The topological polar surface area (TPSA) is 50.9 Å². The van der Waals surface area contributed by atoms with E-state index in [0.717, 1.165) is 21.1 Å². The van der Waals surface area contributed by atoms with Crippen molar-refractivity contribution in [2.24, 2.45) is 0 Å². The molecule has 0 amide bonds. The van der Waals surface area contributed by atoms with Gasteiger partial charge in [0.25, 0.3) is 0 Å². The second kappa shape index (κ2) is 5.09. The van der Waals surface area contributed by atoms with E-state index in [1.807, 2.05) is 18.2 Å². The van der Waals surface area contributed by atoms with Crippen LogP contribution in [0.25, 0.3) is 10.9 Å². The van der Waals surface area contributed by atoms with E-state index >= 15 is 0 Å². The third-order valence-corrected chi connectivity index (χ3v) is 3.66. The first-order chi connectivity index (χ1) is 9.63. The molecule has 0 bridgehead atoms. The van der Waals surface area contributed by atoms with Crippen LogP contribution in [-0.4, -0.2) is 4.98 Å². The summed E-state index contributed by atoms with van der Waals surface area (Å²) in [5, 5.41) is 4.14. The van der Waals surface area contributed by atoms with Crippen molar-refractivity contribution < 1.29 is 4.39 Å². The number of nitrogen functional groups attached to an aromatic ring is 1. The van der Waals surface area contributed by atoms with Crippen LogP contribution in [0.4, 0.5) is 21.5 Å². The van der Waals surface area contributed by atoms with Crippen LogP contribution < -0.4 is 11.1 Å². The first-order valence-corrected chi connectivity index (χ1v) is 6.79. The highest BCUT2D eigenvalue weighted by Gasteiger charge is 2.06. The van der Waals surface area contributed by atoms with E-state index in [2.05, 4.69) is 26.2 Å². The van der Waals surface area contributed by atoms with Crippen LogP contribution in [-0.2, 0) is 0 Å². The van der Waals surface area contributed by atoms with Crippen LogP contribution in [0, 0.1) is 5.82 Å². The number of anilines is 3. The van der Waals surface area contributed by atoms with Crippen molar-refractivity contribution in [3.8, 4) is 0 Å². The maximum atomic E-state index is 13.3. The van der Waals surface area contributed by atoms with Crippen LogP contribution >= 0.6 is 15.9 Å². The monoisotopic (exact) mass is 331 g/mol. The van der Waals surface area contributed by atoms with Gasteiger partial charge in [-0.15, -0.1) is 0 Å². The van der Waals surface area contributed by atoms with E-state index in [1.54, 1.807) is 18.3 Å². The van der Waals surface area contributed by atoms with Crippen LogP contribution in [0.5, 0.6) is 0 Å². The molecule has 0 atom stereocenters. The third-order valence-electron chi connectivity index (χ3n) is 2.96. The van der Waals surface area contributed by atoms with Gasteiger partial charge in [0.1, 0.15) is 5.82 Å². The highest BCUT2D eigenvalue weighted by Crippen LogP contribution is 2.30. The molecule has 0 unspecified atom stereocenters. The molecular weight excluding hydrogens is 321 g/mol. The molecule has 0 saturated carbocycles. The molecule has 100 valence electrons. The first kappa shape index (κ1) is 12.9. The minimum atomic E-state index is -0.293. The van der Waals surface area contributed by atoms with Gasteiger partial charge in [-0.1, -0.05) is 0 Å². The number of hydrogen-bond donors (Lipinski definition) is 2. The Hall–Kier alpha value is -2.14. The number of halogens is 2. The number of nitrogens with zero attached hydrogens (tertiary/aromatic N) is 1. The number of rotatable bonds is 2. The summed E-state index contributed by atoms with van der Waals surface area (Å²) in [5.41, 5.74) is 8.72. The SMILES string of the molecule is Nc1ccc2c(Nc3cc(F)ccc3Br)ccnc2c1. The largest absolute Gasteiger partial charge is 0.399 e. The minimum Gasteiger partial charge on any atom is -0.399 e. The molecule has 3 aromatic rings. The summed E-state index contributed by atoms with van der Waals surface area (Å²) in [6.07, 6.45) is 1.69. The van der Waals surface area contributed by atoms with Gasteiger partial charge in [0.05, 0.1) is 11.2 Å². The van der Waals surface area contributed by atoms with Gasteiger partial charge in [-0.25, -0.2) is 4.39 Å². The Balaban J connectivity index is 2.09. The number of nitrogens with one attached hydrogen (secondary N) is 1. The summed E-state index contributed by atoms with van der Waals surface area (Å²) in [6.45, 7) is 0. The van der Waals surface area contributed by atoms with E-state index in [0.29, 0.717) is 11.4 Å². The lowest BCUT2D eigenvalue weighted by molar-refractivity contribution is 0.628. The second-order valence-electron chi connectivity index (χ2n) is 4.38. The van der Waals surface area contributed by atoms with Crippen LogP contribution in [0.15, 0.2) is 53.1 Å². The van der Waals surface area contributed by atoms with Gasteiger partial charge in [0, 0.05) is 27.4 Å². The Morgan fingerprint density at radius 3 is 2.75 bits per heavy atom. The highest BCUT2D eigenvalue weighted by atomic mass is 79.9. The Labute approximate surface area is 123 Å². The summed E-state index contributed by atoms with van der Waals surface area (Å²) in [7, 11) is 0. The predicted octanol–water partition coefficient (Wildman–Crippen LogP) is 4.46. The number of fused-ring (bicyclic) bond motifs is 1. The zero-order valence-corrected chi connectivity index (χ0v) is 12.0. The third kappa shape index (κ3) is 2.44. The van der Waals surface area contributed by atoms with Gasteiger partial charge in [-0.05, 0) is 58.4 Å². The molecule has 0 aliphatic carbocycles. The van der Waals surface area contributed by atoms with Crippen molar-refractivity contribution in [2.75, 3.05) is 11.1 Å². The van der Waals surface area contributed by atoms with E-state index in [9.17, 15) is 4.39 Å². The number of pyridine rings is 1. The lowest BCUT2D eigenvalue weighted by Gasteiger charge is -2.11. The number of aromatic nitrogens is 1. The van der Waals surface area contributed by atoms with Crippen LogP contribution in [0.1, 0.15) is 0 Å². The van der Waals surface area contributed by atoms with Crippen molar-refractivity contribution in [3.63, 3.8) is 0 Å².